The molecule has 7 heteroatoms. The van der Waals surface area contributed by atoms with Crippen molar-refractivity contribution in [1.82, 2.24) is 15.2 Å². The Hall–Kier alpha value is -3.09. The van der Waals surface area contributed by atoms with Crippen molar-refractivity contribution in [3.8, 4) is 0 Å². The number of aromatic nitrogens is 3. The van der Waals surface area contributed by atoms with Gasteiger partial charge in [-0.25, -0.2) is 8.78 Å². The van der Waals surface area contributed by atoms with Crippen LogP contribution in [0.1, 0.15) is 0 Å². The highest BCUT2D eigenvalue weighted by Crippen LogP contribution is 2.18. The number of hydrogen-bond donors (Lipinski definition) is 2. The van der Waals surface area contributed by atoms with Crippen LogP contribution in [0.2, 0.25) is 0 Å². The third-order valence-electron chi connectivity index (χ3n) is 2.78. The number of rotatable bonds is 4. The van der Waals surface area contributed by atoms with E-state index in [1.54, 1.807) is 0 Å². The summed E-state index contributed by atoms with van der Waals surface area (Å²) in [5.41, 5.74) is 1.18. The maximum Gasteiger partial charge on any atom is 0.249 e. The Kier molecular flexibility index (Phi) is 3.86. The Morgan fingerprint density at radius 1 is 0.818 bits per heavy atom. The normalized spacial score (nSPS) is 10.3. The summed E-state index contributed by atoms with van der Waals surface area (Å²) in [6.07, 6.45) is 1.46. The molecule has 0 saturated heterocycles. The Labute approximate surface area is 125 Å². The van der Waals surface area contributed by atoms with E-state index in [4.69, 9.17) is 0 Å². The Morgan fingerprint density at radius 2 is 1.64 bits per heavy atom. The first-order valence-electron chi connectivity index (χ1n) is 6.44. The maximum absolute atomic E-state index is 13.2. The van der Waals surface area contributed by atoms with Crippen molar-refractivity contribution >= 4 is 23.1 Å². The number of nitrogens with zero attached hydrogens (tertiary/aromatic N) is 3. The van der Waals surface area contributed by atoms with Crippen LogP contribution in [0, 0.1) is 11.6 Å². The molecule has 0 fully saturated rings. The fraction of sp³-hybridized carbons (Fsp3) is 0. The van der Waals surface area contributed by atoms with E-state index in [2.05, 4.69) is 25.8 Å². The van der Waals surface area contributed by atoms with Crippen LogP contribution in [0.25, 0.3) is 0 Å². The Morgan fingerprint density at radius 3 is 2.41 bits per heavy atom. The molecule has 0 aliphatic heterocycles. The molecular weight excluding hydrogens is 288 g/mol. The quantitative estimate of drug-likeness (QED) is 0.770. The molecule has 0 amide bonds. The average molecular weight is 299 g/mol. The van der Waals surface area contributed by atoms with Crippen LogP contribution in [-0.4, -0.2) is 15.2 Å². The first kappa shape index (κ1) is 13.9. The lowest BCUT2D eigenvalue weighted by Gasteiger charge is -2.07. The summed E-state index contributed by atoms with van der Waals surface area (Å²) in [6, 6.07) is 12.9. The van der Waals surface area contributed by atoms with Crippen molar-refractivity contribution in [3.63, 3.8) is 0 Å². The molecule has 0 atom stereocenters. The summed E-state index contributed by atoms with van der Waals surface area (Å²) >= 11 is 0. The summed E-state index contributed by atoms with van der Waals surface area (Å²) in [4.78, 5) is 4.20. The molecule has 0 aliphatic carbocycles. The zero-order chi connectivity index (χ0) is 15.4. The first-order valence-corrected chi connectivity index (χ1v) is 6.44. The van der Waals surface area contributed by atoms with Crippen LogP contribution in [0.3, 0.4) is 0 Å². The SMILES string of the molecule is Fc1ccc(Nc2nncc(Nc3ccccc3)n2)cc1F. The lowest BCUT2D eigenvalue weighted by molar-refractivity contribution is 0.509. The second-order valence-corrected chi connectivity index (χ2v) is 4.41. The van der Waals surface area contributed by atoms with Crippen molar-refractivity contribution in [2.45, 2.75) is 0 Å². The van der Waals surface area contributed by atoms with Gasteiger partial charge < -0.3 is 10.6 Å². The summed E-state index contributed by atoms with van der Waals surface area (Å²) in [6.45, 7) is 0. The van der Waals surface area contributed by atoms with Crippen LogP contribution in [-0.2, 0) is 0 Å². The third-order valence-corrected chi connectivity index (χ3v) is 2.78. The van der Waals surface area contributed by atoms with Gasteiger partial charge in [-0.2, -0.15) is 10.1 Å². The number of para-hydroxylation sites is 1. The van der Waals surface area contributed by atoms with Gasteiger partial charge in [-0.1, -0.05) is 18.2 Å². The van der Waals surface area contributed by atoms with Crippen molar-refractivity contribution in [1.29, 1.82) is 0 Å². The van der Waals surface area contributed by atoms with E-state index in [9.17, 15) is 8.78 Å². The molecule has 2 aromatic carbocycles. The molecule has 3 aromatic rings. The maximum atomic E-state index is 13.2. The van der Waals surface area contributed by atoms with Gasteiger partial charge >= 0.3 is 0 Å². The van der Waals surface area contributed by atoms with E-state index in [0.717, 1.165) is 17.8 Å². The highest BCUT2D eigenvalue weighted by molar-refractivity contribution is 5.58. The second kappa shape index (κ2) is 6.13. The summed E-state index contributed by atoms with van der Waals surface area (Å²) in [5, 5.41) is 13.4. The Balaban J connectivity index is 1.77. The minimum Gasteiger partial charge on any atom is -0.339 e. The molecule has 5 nitrogen and oxygen atoms in total. The van der Waals surface area contributed by atoms with Crippen LogP contribution < -0.4 is 10.6 Å². The number of benzene rings is 2. The van der Waals surface area contributed by atoms with Gasteiger partial charge in [-0.05, 0) is 24.3 Å². The van der Waals surface area contributed by atoms with Gasteiger partial charge in [-0.3, -0.25) is 0 Å². The van der Waals surface area contributed by atoms with Crippen LogP contribution in [0.15, 0.2) is 54.7 Å². The lowest BCUT2D eigenvalue weighted by atomic mass is 10.3. The van der Waals surface area contributed by atoms with Crippen LogP contribution in [0.5, 0.6) is 0 Å². The van der Waals surface area contributed by atoms with E-state index in [1.165, 1.54) is 12.3 Å². The standard InChI is InChI=1S/C15H11F2N5/c16-12-7-6-11(8-13(12)17)20-15-21-14(9-18-22-15)19-10-4-2-1-3-5-10/h1-9H,(H2,19,20,21,22). The monoisotopic (exact) mass is 299 g/mol. The smallest absolute Gasteiger partial charge is 0.249 e. The summed E-state index contributed by atoms with van der Waals surface area (Å²) in [5.74, 6) is -1.21. The average Bonchev–Trinajstić information content (AvgIpc) is 2.52. The zero-order valence-corrected chi connectivity index (χ0v) is 11.3. The van der Waals surface area contributed by atoms with Gasteiger partial charge in [0.1, 0.15) is 0 Å². The molecule has 0 spiro atoms. The highest BCUT2D eigenvalue weighted by Gasteiger charge is 2.05. The predicted octanol–water partition coefficient (Wildman–Crippen LogP) is 3.64. The summed E-state index contributed by atoms with van der Waals surface area (Å²) in [7, 11) is 0. The zero-order valence-electron chi connectivity index (χ0n) is 11.3. The van der Waals surface area contributed by atoms with Crippen molar-refractivity contribution in [2.24, 2.45) is 0 Å². The van der Waals surface area contributed by atoms with E-state index in [-0.39, 0.29) is 5.95 Å². The molecule has 0 bridgehead atoms. The van der Waals surface area contributed by atoms with Gasteiger partial charge in [0.25, 0.3) is 0 Å². The largest absolute Gasteiger partial charge is 0.339 e. The number of hydrogen-bond acceptors (Lipinski definition) is 5. The minimum atomic E-state index is -0.948. The number of nitrogens with one attached hydrogen (secondary N) is 2. The van der Waals surface area contributed by atoms with Crippen LogP contribution in [0.4, 0.5) is 31.9 Å². The predicted molar refractivity (Wildman–Crippen MR) is 79.2 cm³/mol. The van der Waals surface area contributed by atoms with E-state index in [1.807, 2.05) is 30.3 Å². The molecule has 1 heterocycles. The van der Waals surface area contributed by atoms with Gasteiger partial charge in [0.2, 0.25) is 5.95 Å². The first-order chi connectivity index (χ1) is 10.7. The molecular formula is C15H11F2N5. The molecule has 0 radical (unpaired) electrons. The van der Waals surface area contributed by atoms with E-state index >= 15 is 0 Å². The topological polar surface area (TPSA) is 62.7 Å². The van der Waals surface area contributed by atoms with Crippen molar-refractivity contribution in [2.75, 3.05) is 10.6 Å². The minimum absolute atomic E-state index is 0.173. The van der Waals surface area contributed by atoms with Crippen LogP contribution >= 0.6 is 0 Å². The molecule has 0 aliphatic rings. The van der Waals surface area contributed by atoms with Gasteiger partial charge in [0.05, 0.1) is 6.20 Å². The molecule has 3 rings (SSSR count). The second-order valence-electron chi connectivity index (χ2n) is 4.41. The highest BCUT2D eigenvalue weighted by atomic mass is 19.2. The third kappa shape index (κ3) is 3.32. The van der Waals surface area contributed by atoms with E-state index < -0.39 is 11.6 Å². The molecule has 0 unspecified atom stereocenters. The van der Waals surface area contributed by atoms with E-state index in [0.29, 0.717) is 11.5 Å². The lowest BCUT2D eigenvalue weighted by Crippen LogP contribution is -2.02. The summed E-state index contributed by atoms with van der Waals surface area (Å²) < 4.78 is 26.1. The fourth-order valence-electron chi connectivity index (χ4n) is 1.79. The van der Waals surface area contributed by atoms with Crippen molar-refractivity contribution < 1.29 is 8.78 Å². The molecule has 2 N–H and O–H groups in total. The molecule has 1 aromatic heterocycles. The van der Waals surface area contributed by atoms with Gasteiger partial charge in [0.15, 0.2) is 17.5 Å². The van der Waals surface area contributed by atoms with Gasteiger partial charge in [0, 0.05) is 17.4 Å². The number of halogens is 2. The Bertz CT molecular complexity index is 780. The number of anilines is 4. The molecule has 110 valence electrons. The molecule has 0 saturated carbocycles. The van der Waals surface area contributed by atoms with Gasteiger partial charge in [-0.15, -0.1) is 5.10 Å². The van der Waals surface area contributed by atoms with Crippen molar-refractivity contribution in [3.05, 3.63) is 66.4 Å². The molecule has 22 heavy (non-hydrogen) atoms. The fourth-order valence-corrected chi connectivity index (χ4v) is 1.79.